The van der Waals surface area contributed by atoms with E-state index in [9.17, 15) is 4.79 Å². The molecule has 2 atom stereocenters. The molecule has 0 spiro atoms. The van der Waals surface area contributed by atoms with Crippen molar-refractivity contribution in [1.29, 1.82) is 0 Å². The molecule has 2 bridgehead atoms. The van der Waals surface area contributed by atoms with Gasteiger partial charge in [0.1, 0.15) is 5.76 Å². The minimum atomic E-state index is 0.170. The van der Waals surface area contributed by atoms with Crippen molar-refractivity contribution in [1.82, 2.24) is 15.2 Å². The Morgan fingerprint density at radius 1 is 1.28 bits per heavy atom. The molecule has 2 aromatic rings. The fourth-order valence-corrected chi connectivity index (χ4v) is 4.24. The number of hydrogen-bond donors (Lipinski definition) is 1. The predicted molar refractivity (Wildman–Crippen MR) is 98.4 cm³/mol. The number of carbonyl (C=O) groups excluding carboxylic acids is 1. The van der Waals surface area contributed by atoms with Gasteiger partial charge in [0.05, 0.1) is 5.69 Å². The van der Waals surface area contributed by atoms with E-state index in [-0.39, 0.29) is 5.91 Å². The van der Waals surface area contributed by atoms with Gasteiger partial charge >= 0.3 is 0 Å². The van der Waals surface area contributed by atoms with Crippen molar-refractivity contribution < 1.29 is 9.21 Å². The van der Waals surface area contributed by atoms with Gasteiger partial charge in [0.15, 0.2) is 0 Å². The standard InChI is InChI=1S/C19H23N3O2S/c1-12-17(11-22-14-5-6-15(22)10-20-18(23)9-14)21-19(24-12)13-3-7-16(25-2)8-4-13/h3-4,7-8,14-15H,5-6,9-11H2,1-2H3,(H,20,23)/t14-,15+/m1/s1. The third kappa shape index (κ3) is 3.33. The van der Waals surface area contributed by atoms with E-state index in [2.05, 4.69) is 40.7 Å². The molecule has 1 aromatic carbocycles. The van der Waals surface area contributed by atoms with E-state index >= 15 is 0 Å². The van der Waals surface area contributed by atoms with E-state index in [4.69, 9.17) is 9.40 Å². The lowest BCUT2D eigenvalue weighted by molar-refractivity contribution is -0.121. The summed E-state index contributed by atoms with van der Waals surface area (Å²) in [7, 11) is 0. The molecule has 0 aliphatic carbocycles. The minimum Gasteiger partial charge on any atom is -0.441 e. The van der Waals surface area contributed by atoms with E-state index < -0.39 is 0 Å². The Kier molecular flexibility index (Phi) is 4.56. The zero-order valence-corrected chi connectivity index (χ0v) is 15.4. The molecule has 6 heteroatoms. The lowest BCUT2D eigenvalue weighted by atomic mass is 10.1. The zero-order chi connectivity index (χ0) is 17.4. The highest BCUT2D eigenvalue weighted by Gasteiger charge is 2.37. The first-order valence-electron chi connectivity index (χ1n) is 8.77. The molecular weight excluding hydrogens is 334 g/mol. The van der Waals surface area contributed by atoms with Crippen LogP contribution in [0.2, 0.25) is 0 Å². The molecular formula is C19H23N3O2S. The molecule has 3 heterocycles. The van der Waals surface area contributed by atoms with Crippen molar-refractivity contribution in [2.45, 2.75) is 49.7 Å². The van der Waals surface area contributed by atoms with Crippen LogP contribution >= 0.6 is 11.8 Å². The summed E-state index contributed by atoms with van der Waals surface area (Å²) < 4.78 is 5.93. The first kappa shape index (κ1) is 16.7. The number of rotatable bonds is 4. The Labute approximate surface area is 152 Å². The van der Waals surface area contributed by atoms with Crippen molar-refractivity contribution >= 4 is 17.7 Å². The number of thioether (sulfide) groups is 1. The minimum absolute atomic E-state index is 0.170. The third-order valence-corrected chi connectivity index (χ3v) is 6.03. The largest absolute Gasteiger partial charge is 0.441 e. The maximum Gasteiger partial charge on any atom is 0.226 e. The molecule has 25 heavy (non-hydrogen) atoms. The maximum atomic E-state index is 11.8. The fraction of sp³-hybridized carbons (Fsp3) is 0.474. The summed E-state index contributed by atoms with van der Waals surface area (Å²) in [4.78, 5) is 20.2. The number of nitrogens with one attached hydrogen (secondary N) is 1. The van der Waals surface area contributed by atoms with Crippen LogP contribution in [-0.2, 0) is 11.3 Å². The SMILES string of the molecule is CSc1ccc(-c2nc(CN3[C@@H]4CC[C@H]3CNC(=O)C4)c(C)o2)cc1. The van der Waals surface area contributed by atoms with Crippen LogP contribution in [0.4, 0.5) is 0 Å². The molecule has 132 valence electrons. The van der Waals surface area contributed by atoms with Crippen LogP contribution in [-0.4, -0.2) is 40.7 Å². The highest BCUT2D eigenvalue weighted by atomic mass is 32.2. The number of aryl methyl sites for hydroxylation is 1. The third-order valence-electron chi connectivity index (χ3n) is 5.29. The Morgan fingerprint density at radius 3 is 2.80 bits per heavy atom. The smallest absolute Gasteiger partial charge is 0.226 e. The number of benzene rings is 1. The van der Waals surface area contributed by atoms with Gasteiger partial charge in [-0.2, -0.15) is 0 Å². The lowest BCUT2D eigenvalue weighted by Gasteiger charge is -2.26. The number of nitrogens with zero attached hydrogens (tertiary/aromatic N) is 2. The van der Waals surface area contributed by atoms with E-state index in [1.54, 1.807) is 11.8 Å². The lowest BCUT2D eigenvalue weighted by Crippen LogP contribution is -2.37. The molecule has 2 saturated heterocycles. The fourth-order valence-electron chi connectivity index (χ4n) is 3.83. The van der Waals surface area contributed by atoms with Crippen molar-refractivity contribution in [3.05, 3.63) is 35.7 Å². The molecule has 1 N–H and O–H groups in total. The van der Waals surface area contributed by atoms with Gasteiger partial charge in [0.25, 0.3) is 0 Å². The van der Waals surface area contributed by atoms with Gasteiger partial charge < -0.3 is 9.73 Å². The van der Waals surface area contributed by atoms with Crippen LogP contribution in [0.3, 0.4) is 0 Å². The molecule has 2 fully saturated rings. The topological polar surface area (TPSA) is 58.4 Å². The quantitative estimate of drug-likeness (QED) is 0.852. The average Bonchev–Trinajstić information content (AvgIpc) is 3.12. The van der Waals surface area contributed by atoms with Crippen LogP contribution in [0.15, 0.2) is 33.6 Å². The van der Waals surface area contributed by atoms with Crippen molar-refractivity contribution in [2.24, 2.45) is 0 Å². The van der Waals surface area contributed by atoms with Crippen molar-refractivity contribution in [3.8, 4) is 11.5 Å². The summed E-state index contributed by atoms with van der Waals surface area (Å²) in [5.74, 6) is 1.71. The maximum absolute atomic E-state index is 11.8. The number of oxazole rings is 1. The summed E-state index contributed by atoms with van der Waals surface area (Å²) in [5.41, 5.74) is 1.98. The second kappa shape index (κ2) is 6.84. The van der Waals surface area contributed by atoms with Crippen molar-refractivity contribution in [2.75, 3.05) is 12.8 Å². The Hall–Kier alpha value is -1.79. The molecule has 0 radical (unpaired) electrons. The first-order chi connectivity index (χ1) is 12.1. The highest BCUT2D eigenvalue weighted by molar-refractivity contribution is 7.98. The molecule has 1 amide bonds. The Bertz CT molecular complexity index is 771. The molecule has 1 aromatic heterocycles. The van der Waals surface area contributed by atoms with Crippen LogP contribution in [0.25, 0.3) is 11.5 Å². The van der Waals surface area contributed by atoms with E-state index in [1.165, 1.54) is 4.90 Å². The monoisotopic (exact) mass is 357 g/mol. The molecule has 2 aliphatic heterocycles. The number of aromatic nitrogens is 1. The van der Waals surface area contributed by atoms with E-state index in [1.807, 2.05) is 6.92 Å². The van der Waals surface area contributed by atoms with Crippen LogP contribution in [0.5, 0.6) is 0 Å². The number of hydrogen-bond acceptors (Lipinski definition) is 5. The van der Waals surface area contributed by atoms with Gasteiger partial charge in [0.2, 0.25) is 11.8 Å². The van der Waals surface area contributed by atoms with Crippen LogP contribution in [0.1, 0.15) is 30.7 Å². The number of fused-ring (bicyclic) bond motifs is 2. The second-order valence-electron chi connectivity index (χ2n) is 6.82. The van der Waals surface area contributed by atoms with Crippen LogP contribution in [0, 0.1) is 6.92 Å². The summed E-state index contributed by atoms with van der Waals surface area (Å²) >= 11 is 1.72. The molecule has 5 nitrogen and oxygen atoms in total. The van der Waals surface area contributed by atoms with Gasteiger partial charge in [-0.1, -0.05) is 0 Å². The van der Waals surface area contributed by atoms with Gasteiger partial charge in [-0.3, -0.25) is 9.69 Å². The highest BCUT2D eigenvalue weighted by Crippen LogP contribution is 2.31. The van der Waals surface area contributed by atoms with Crippen molar-refractivity contribution in [3.63, 3.8) is 0 Å². The van der Waals surface area contributed by atoms with Crippen LogP contribution < -0.4 is 5.32 Å². The van der Waals surface area contributed by atoms with Gasteiger partial charge in [-0.15, -0.1) is 11.8 Å². The summed E-state index contributed by atoms with van der Waals surface area (Å²) in [6, 6.07) is 9.03. The Morgan fingerprint density at radius 2 is 2.04 bits per heavy atom. The van der Waals surface area contributed by atoms with Gasteiger partial charge in [0, 0.05) is 42.1 Å². The van der Waals surface area contributed by atoms with E-state index in [0.29, 0.717) is 24.4 Å². The summed E-state index contributed by atoms with van der Waals surface area (Å²) in [5, 5.41) is 3.02. The molecule has 0 unspecified atom stereocenters. The van der Waals surface area contributed by atoms with E-state index in [0.717, 1.165) is 42.9 Å². The number of carbonyl (C=O) groups is 1. The molecule has 4 rings (SSSR count). The summed E-state index contributed by atoms with van der Waals surface area (Å²) in [6.45, 7) is 3.48. The molecule has 0 saturated carbocycles. The average molecular weight is 357 g/mol. The second-order valence-corrected chi connectivity index (χ2v) is 7.70. The normalized spacial score (nSPS) is 23.5. The predicted octanol–water partition coefficient (Wildman–Crippen LogP) is 3.22. The van der Waals surface area contributed by atoms with Gasteiger partial charge in [-0.25, -0.2) is 4.98 Å². The zero-order valence-electron chi connectivity index (χ0n) is 14.6. The van der Waals surface area contributed by atoms with Gasteiger partial charge in [-0.05, 0) is 50.3 Å². The number of amides is 1. The Balaban J connectivity index is 1.55. The first-order valence-corrected chi connectivity index (χ1v) is 9.99. The molecule has 2 aliphatic rings. The summed E-state index contributed by atoms with van der Waals surface area (Å²) in [6.07, 6.45) is 4.90.